The van der Waals surface area contributed by atoms with Crippen LogP contribution in [-0.2, 0) is 0 Å². The normalized spacial score (nSPS) is 11.5. The molecule has 1 heterocycles. The Morgan fingerprint density at radius 1 is 0.439 bits per heavy atom. The maximum Gasteiger partial charge on any atom is 0.135 e. The lowest BCUT2D eigenvalue weighted by molar-refractivity contribution is 0.669. The summed E-state index contributed by atoms with van der Waals surface area (Å²) in [5.74, 6) is 0. The average Bonchev–Trinajstić information content (AvgIpc) is 3.39. The van der Waals surface area contributed by atoms with Crippen LogP contribution in [-0.4, -0.2) is 0 Å². The zero-order valence-corrected chi connectivity index (χ0v) is 22.8. The van der Waals surface area contributed by atoms with Crippen molar-refractivity contribution in [2.75, 3.05) is 4.90 Å². The number of halogens is 1. The van der Waals surface area contributed by atoms with Crippen molar-refractivity contribution in [3.63, 3.8) is 0 Å². The quantitative estimate of drug-likeness (QED) is 0.204. The highest BCUT2D eigenvalue weighted by atomic mass is 35.5. The van der Waals surface area contributed by atoms with Crippen LogP contribution in [0, 0.1) is 0 Å². The molecule has 3 heteroatoms. The van der Waals surface area contributed by atoms with E-state index in [1.54, 1.807) is 0 Å². The van der Waals surface area contributed by atoms with Gasteiger partial charge in [0.1, 0.15) is 11.2 Å². The Morgan fingerprint density at radius 2 is 1.12 bits per heavy atom. The molecule has 1 aromatic heterocycles. The van der Waals surface area contributed by atoms with Gasteiger partial charge in [-0.05, 0) is 93.3 Å². The van der Waals surface area contributed by atoms with Crippen LogP contribution in [0.5, 0.6) is 0 Å². The zero-order chi connectivity index (χ0) is 27.3. The van der Waals surface area contributed by atoms with Gasteiger partial charge < -0.3 is 9.32 Å². The van der Waals surface area contributed by atoms with Crippen LogP contribution in [0.4, 0.5) is 17.1 Å². The predicted octanol–water partition coefficient (Wildman–Crippen LogP) is 11.7. The van der Waals surface area contributed by atoms with Gasteiger partial charge in [-0.2, -0.15) is 0 Å². The van der Waals surface area contributed by atoms with Gasteiger partial charge in [-0.15, -0.1) is 0 Å². The molecular formula is C38H24ClNO. The highest BCUT2D eigenvalue weighted by Crippen LogP contribution is 2.42. The van der Waals surface area contributed by atoms with E-state index in [1.165, 1.54) is 21.5 Å². The minimum Gasteiger partial charge on any atom is -0.456 e. The van der Waals surface area contributed by atoms with E-state index in [0.29, 0.717) is 5.02 Å². The van der Waals surface area contributed by atoms with Crippen molar-refractivity contribution in [3.05, 3.63) is 151 Å². The van der Waals surface area contributed by atoms with E-state index in [1.807, 2.05) is 24.3 Å². The minimum absolute atomic E-state index is 0.686. The third-order valence-electron chi connectivity index (χ3n) is 7.85. The van der Waals surface area contributed by atoms with E-state index in [4.69, 9.17) is 16.0 Å². The predicted molar refractivity (Wildman–Crippen MR) is 174 cm³/mol. The Labute approximate surface area is 242 Å². The lowest BCUT2D eigenvalue weighted by Gasteiger charge is -2.26. The molecule has 2 nitrogen and oxygen atoms in total. The molecule has 8 rings (SSSR count). The van der Waals surface area contributed by atoms with Gasteiger partial charge in [0.2, 0.25) is 0 Å². The van der Waals surface area contributed by atoms with E-state index in [-0.39, 0.29) is 0 Å². The molecule has 0 amide bonds. The summed E-state index contributed by atoms with van der Waals surface area (Å²) >= 11 is 6.90. The number of anilines is 3. The Kier molecular flexibility index (Phi) is 5.54. The molecule has 194 valence electrons. The highest BCUT2D eigenvalue weighted by molar-refractivity contribution is 6.31. The fraction of sp³-hybridized carbons (Fsp3) is 0. The number of para-hydroxylation sites is 2. The standard InChI is InChI=1S/C38H24ClNO/c39-27-20-26(35-22-25-10-4-5-13-31(25)32-14-6-7-15-33(32)35)21-30(23-27)40(28-11-2-1-3-12-28)29-18-19-38-36(24-29)34-16-8-9-17-37(34)41-38/h1-24H. The fourth-order valence-electron chi connectivity index (χ4n) is 6.03. The summed E-state index contributed by atoms with van der Waals surface area (Å²) in [5.41, 5.74) is 7.07. The second kappa shape index (κ2) is 9.55. The number of fused-ring (bicyclic) bond motifs is 6. The number of benzene rings is 7. The first-order chi connectivity index (χ1) is 20.2. The molecule has 0 saturated carbocycles. The monoisotopic (exact) mass is 545 g/mol. The largest absolute Gasteiger partial charge is 0.456 e. The maximum absolute atomic E-state index is 6.90. The van der Waals surface area contributed by atoms with Crippen molar-refractivity contribution >= 4 is 72.1 Å². The van der Waals surface area contributed by atoms with Crippen molar-refractivity contribution in [3.8, 4) is 11.1 Å². The van der Waals surface area contributed by atoms with E-state index < -0.39 is 0 Å². The molecule has 0 bridgehead atoms. The molecule has 0 fully saturated rings. The van der Waals surface area contributed by atoms with Crippen LogP contribution in [0.1, 0.15) is 0 Å². The van der Waals surface area contributed by atoms with Gasteiger partial charge in [-0.3, -0.25) is 0 Å². The summed E-state index contributed by atoms with van der Waals surface area (Å²) in [6.45, 7) is 0. The summed E-state index contributed by atoms with van der Waals surface area (Å²) in [4.78, 5) is 2.26. The topological polar surface area (TPSA) is 16.4 Å². The first-order valence-electron chi connectivity index (χ1n) is 13.7. The van der Waals surface area contributed by atoms with Crippen LogP contribution in [0.3, 0.4) is 0 Å². The molecule has 0 N–H and O–H groups in total. The van der Waals surface area contributed by atoms with Crippen molar-refractivity contribution in [1.29, 1.82) is 0 Å². The second-order valence-electron chi connectivity index (χ2n) is 10.3. The number of hydrogen-bond donors (Lipinski definition) is 0. The lowest BCUT2D eigenvalue weighted by atomic mass is 9.93. The van der Waals surface area contributed by atoms with Gasteiger partial charge >= 0.3 is 0 Å². The van der Waals surface area contributed by atoms with Crippen LogP contribution in [0.2, 0.25) is 5.02 Å². The van der Waals surface area contributed by atoms with E-state index in [2.05, 4.69) is 126 Å². The molecule has 0 aliphatic heterocycles. The van der Waals surface area contributed by atoms with Gasteiger partial charge in [-0.1, -0.05) is 96.5 Å². The third kappa shape index (κ3) is 4.04. The molecule has 0 saturated heterocycles. The Hall–Kier alpha value is -5.05. The summed E-state index contributed by atoms with van der Waals surface area (Å²) in [6.07, 6.45) is 0. The molecule has 0 atom stereocenters. The zero-order valence-electron chi connectivity index (χ0n) is 22.1. The van der Waals surface area contributed by atoms with Gasteiger partial charge in [0, 0.05) is 32.9 Å². The Morgan fingerprint density at radius 3 is 1.98 bits per heavy atom. The lowest BCUT2D eigenvalue weighted by Crippen LogP contribution is -2.10. The minimum atomic E-state index is 0.686. The van der Waals surface area contributed by atoms with Crippen LogP contribution in [0.15, 0.2) is 150 Å². The first-order valence-corrected chi connectivity index (χ1v) is 14.1. The van der Waals surface area contributed by atoms with Gasteiger partial charge in [0.15, 0.2) is 0 Å². The van der Waals surface area contributed by atoms with Crippen molar-refractivity contribution in [2.45, 2.75) is 0 Å². The SMILES string of the molecule is Clc1cc(-c2cc3ccccc3c3ccccc23)cc(N(c2ccccc2)c2ccc3oc4ccccc4c3c2)c1. The van der Waals surface area contributed by atoms with E-state index >= 15 is 0 Å². The molecule has 0 unspecified atom stereocenters. The van der Waals surface area contributed by atoms with Gasteiger partial charge in [0.25, 0.3) is 0 Å². The summed E-state index contributed by atoms with van der Waals surface area (Å²) in [7, 11) is 0. The number of rotatable bonds is 4. The third-order valence-corrected chi connectivity index (χ3v) is 8.07. The maximum atomic E-state index is 6.90. The Balaban J connectivity index is 1.37. The van der Waals surface area contributed by atoms with E-state index in [9.17, 15) is 0 Å². The summed E-state index contributed by atoms with van der Waals surface area (Å²) in [6, 6.07) is 50.8. The van der Waals surface area contributed by atoms with Crippen molar-refractivity contribution < 1.29 is 4.42 Å². The van der Waals surface area contributed by atoms with Gasteiger partial charge in [0.05, 0.1) is 0 Å². The highest BCUT2D eigenvalue weighted by Gasteiger charge is 2.18. The molecule has 0 radical (unpaired) electrons. The Bertz CT molecular complexity index is 2230. The first kappa shape index (κ1) is 23.8. The summed E-state index contributed by atoms with van der Waals surface area (Å²) in [5, 5.41) is 7.77. The van der Waals surface area contributed by atoms with Crippen molar-refractivity contribution in [1.82, 2.24) is 0 Å². The van der Waals surface area contributed by atoms with Gasteiger partial charge in [-0.25, -0.2) is 0 Å². The summed E-state index contributed by atoms with van der Waals surface area (Å²) < 4.78 is 6.13. The smallest absolute Gasteiger partial charge is 0.135 e. The molecule has 7 aromatic carbocycles. The molecule has 8 aromatic rings. The number of furan rings is 1. The number of nitrogens with zero attached hydrogens (tertiary/aromatic N) is 1. The van der Waals surface area contributed by atoms with Crippen LogP contribution >= 0.6 is 11.6 Å². The van der Waals surface area contributed by atoms with E-state index in [0.717, 1.165) is 50.1 Å². The molecule has 0 spiro atoms. The van der Waals surface area contributed by atoms with Crippen LogP contribution in [0.25, 0.3) is 54.6 Å². The average molecular weight is 546 g/mol. The fourth-order valence-corrected chi connectivity index (χ4v) is 6.26. The second-order valence-corrected chi connectivity index (χ2v) is 10.8. The molecule has 0 aliphatic rings. The van der Waals surface area contributed by atoms with Crippen molar-refractivity contribution in [2.24, 2.45) is 0 Å². The molecule has 41 heavy (non-hydrogen) atoms. The van der Waals surface area contributed by atoms with Crippen LogP contribution < -0.4 is 4.90 Å². The molecular weight excluding hydrogens is 522 g/mol. The molecule has 0 aliphatic carbocycles. The number of hydrogen-bond acceptors (Lipinski definition) is 2.